The number of halogens is 4. The molecular weight excluding hydrogens is 779 g/mol. The number of thiazole rings is 2. The van der Waals surface area contributed by atoms with Crippen molar-refractivity contribution in [1.29, 1.82) is 5.26 Å². The maximum Gasteiger partial charge on any atom is 0.284 e. The van der Waals surface area contributed by atoms with Crippen LogP contribution in [0.5, 0.6) is 0 Å². The molecule has 0 bridgehead atoms. The van der Waals surface area contributed by atoms with Gasteiger partial charge in [0.05, 0.1) is 32.8 Å². The van der Waals surface area contributed by atoms with Crippen LogP contribution >= 0.6 is 22.7 Å². The highest BCUT2D eigenvalue weighted by atomic mass is 32.1. The SMILES string of the molecule is N#Cc1ccc2c(c1)-c1sc(C(=O)Nc3c(F)cccc3F)nc1CCC2.O=C(Nc1c(F)cccc1F)c1nc2c(s1)-c1cc(-c3nn[nH]n3)ccc1CCC2. The second-order valence-corrected chi connectivity index (χ2v) is 15.0. The number of para-hydroxylation sites is 2. The van der Waals surface area contributed by atoms with Crippen LogP contribution in [0.25, 0.3) is 32.3 Å². The molecule has 2 aliphatic carbocycles. The van der Waals surface area contributed by atoms with Crippen molar-refractivity contribution in [2.45, 2.75) is 38.5 Å². The summed E-state index contributed by atoms with van der Waals surface area (Å²) in [4.78, 5) is 35.7. The van der Waals surface area contributed by atoms with Crippen molar-refractivity contribution in [3.8, 4) is 38.3 Å². The summed E-state index contributed by atoms with van der Waals surface area (Å²) < 4.78 is 55.4. The van der Waals surface area contributed by atoms with Crippen molar-refractivity contribution in [3.63, 3.8) is 0 Å². The number of fused-ring (bicyclic) bond motifs is 6. The molecule has 17 heteroatoms. The van der Waals surface area contributed by atoms with Gasteiger partial charge in [0.2, 0.25) is 5.82 Å². The number of anilines is 2. The molecule has 4 aromatic carbocycles. The molecule has 0 fully saturated rings. The van der Waals surface area contributed by atoms with E-state index in [1.807, 2.05) is 24.3 Å². The van der Waals surface area contributed by atoms with E-state index in [4.69, 9.17) is 5.26 Å². The van der Waals surface area contributed by atoms with Crippen LogP contribution in [-0.2, 0) is 25.7 Å². The average molecular weight is 806 g/mol. The molecule has 284 valence electrons. The number of hydrogen-bond donors (Lipinski definition) is 3. The standard InChI is InChI=1S/C20H14F2N6OS.C20H13F2N3OS/c21-13-4-2-5-14(22)16(13)24-19(29)20-23-15-6-1-3-10-7-8-11(18-25-27-28-26-18)9-12(10)17(15)30-20;21-14-4-2-5-15(22)17(14)25-19(26)20-24-16-6-1-3-12-8-7-11(10-23)9-13(12)18(16)27-20/h2,4-5,7-9H,1,3,6H2,(H,24,29)(H,25,26,27,28);2,4-5,7-9H,1,3,6H2,(H,25,26). The molecule has 0 radical (unpaired) electrons. The lowest BCUT2D eigenvalue weighted by Gasteiger charge is -2.07. The molecule has 57 heavy (non-hydrogen) atoms. The van der Waals surface area contributed by atoms with Gasteiger partial charge in [-0.2, -0.15) is 10.5 Å². The summed E-state index contributed by atoms with van der Waals surface area (Å²) in [5.74, 6) is -4.19. The van der Waals surface area contributed by atoms with Gasteiger partial charge in [0.15, 0.2) is 10.0 Å². The number of amides is 2. The van der Waals surface area contributed by atoms with E-state index < -0.39 is 46.5 Å². The van der Waals surface area contributed by atoms with Crippen molar-refractivity contribution < 1.29 is 27.2 Å². The van der Waals surface area contributed by atoms with E-state index in [0.29, 0.717) is 24.2 Å². The Balaban J connectivity index is 0.000000161. The highest BCUT2D eigenvalue weighted by Crippen LogP contribution is 2.40. The molecule has 9 rings (SSSR count). The smallest absolute Gasteiger partial charge is 0.284 e. The minimum atomic E-state index is -0.842. The van der Waals surface area contributed by atoms with Crippen molar-refractivity contribution in [2.75, 3.05) is 10.6 Å². The third kappa shape index (κ3) is 7.64. The molecule has 7 aromatic rings. The van der Waals surface area contributed by atoms with Gasteiger partial charge in [0, 0.05) is 5.56 Å². The third-order valence-electron chi connectivity index (χ3n) is 9.35. The normalized spacial score (nSPS) is 12.6. The Kier molecular flexibility index (Phi) is 10.4. The summed E-state index contributed by atoms with van der Waals surface area (Å²) in [7, 11) is 0. The number of tetrazole rings is 1. The van der Waals surface area contributed by atoms with Gasteiger partial charge in [-0.15, -0.1) is 32.9 Å². The summed E-state index contributed by atoms with van der Waals surface area (Å²) in [6.07, 6.45) is 4.91. The molecule has 0 spiro atoms. The van der Waals surface area contributed by atoms with E-state index in [1.165, 1.54) is 34.8 Å². The molecular formula is C40H27F4N9O2S2. The van der Waals surface area contributed by atoms with Gasteiger partial charge in [0.1, 0.15) is 34.6 Å². The molecule has 3 heterocycles. The largest absolute Gasteiger partial charge is 0.315 e. The number of aromatic amines is 1. The molecule has 2 aliphatic rings. The molecule has 0 saturated carbocycles. The number of aryl methyl sites for hydroxylation is 4. The van der Waals surface area contributed by atoms with Gasteiger partial charge in [0.25, 0.3) is 11.8 Å². The summed E-state index contributed by atoms with van der Waals surface area (Å²) in [5.41, 5.74) is 6.02. The van der Waals surface area contributed by atoms with Crippen molar-refractivity contribution in [3.05, 3.63) is 134 Å². The zero-order valence-electron chi connectivity index (χ0n) is 29.5. The van der Waals surface area contributed by atoms with Crippen LogP contribution in [0.2, 0.25) is 0 Å². The number of H-pyrrole nitrogens is 1. The number of nitrogens with one attached hydrogen (secondary N) is 3. The van der Waals surface area contributed by atoms with Crippen LogP contribution in [0.15, 0.2) is 72.8 Å². The van der Waals surface area contributed by atoms with Crippen LogP contribution in [0.3, 0.4) is 0 Å². The highest BCUT2D eigenvalue weighted by molar-refractivity contribution is 7.17. The van der Waals surface area contributed by atoms with Crippen LogP contribution in [0, 0.1) is 34.6 Å². The molecule has 3 N–H and O–H groups in total. The van der Waals surface area contributed by atoms with E-state index in [0.717, 1.165) is 98.9 Å². The van der Waals surface area contributed by atoms with E-state index in [-0.39, 0.29) is 10.0 Å². The second kappa shape index (κ2) is 15.8. The fourth-order valence-electron chi connectivity index (χ4n) is 6.62. The van der Waals surface area contributed by atoms with Gasteiger partial charge < -0.3 is 10.6 Å². The van der Waals surface area contributed by atoms with Crippen molar-refractivity contribution >= 4 is 45.9 Å². The van der Waals surface area contributed by atoms with Crippen LogP contribution in [0.4, 0.5) is 28.9 Å². The first-order chi connectivity index (χ1) is 27.7. The van der Waals surface area contributed by atoms with Crippen LogP contribution < -0.4 is 10.6 Å². The van der Waals surface area contributed by atoms with Crippen molar-refractivity contribution in [1.82, 2.24) is 30.6 Å². The Morgan fingerprint density at radius 2 is 1.19 bits per heavy atom. The average Bonchev–Trinajstić information content (AvgIpc) is 3.96. The third-order valence-corrected chi connectivity index (χ3v) is 11.6. The highest BCUT2D eigenvalue weighted by Gasteiger charge is 2.26. The quantitative estimate of drug-likeness (QED) is 0.146. The fourth-order valence-corrected chi connectivity index (χ4v) is 8.74. The Bertz CT molecular complexity index is 2690. The predicted molar refractivity (Wildman–Crippen MR) is 206 cm³/mol. The molecule has 11 nitrogen and oxygen atoms in total. The first-order valence-corrected chi connectivity index (χ1v) is 19.2. The number of aromatic nitrogens is 6. The lowest BCUT2D eigenvalue weighted by Crippen LogP contribution is -2.14. The zero-order valence-corrected chi connectivity index (χ0v) is 31.1. The maximum atomic E-state index is 13.9. The molecule has 0 saturated heterocycles. The topological polar surface area (TPSA) is 162 Å². The molecule has 3 aromatic heterocycles. The van der Waals surface area contributed by atoms with E-state index >= 15 is 0 Å². The van der Waals surface area contributed by atoms with Gasteiger partial charge >= 0.3 is 0 Å². The predicted octanol–water partition coefficient (Wildman–Crippen LogP) is 8.71. The van der Waals surface area contributed by atoms with E-state index in [9.17, 15) is 27.2 Å². The second-order valence-electron chi connectivity index (χ2n) is 13.0. The van der Waals surface area contributed by atoms with Gasteiger partial charge in [-0.25, -0.2) is 27.5 Å². The monoisotopic (exact) mass is 805 g/mol. The van der Waals surface area contributed by atoms with E-state index in [1.54, 1.807) is 12.1 Å². The van der Waals surface area contributed by atoms with Gasteiger partial charge in [-0.3, -0.25) is 9.59 Å². The number of nitriles is 1. The molecule has 0 aliphatic heterocycles. The Labute approximate surface area is 329 Å². The maximum absolute atomic E-state index is 13.9. The first kappa shape index (κ1) is 37.3. The number of carbonyl (C=O) groups excluding carboxylic acids is 2. The van der Waals surface area contributed by atoms with Crippen molar-refractivity contribution in [2.24, 2.45) is 0 Å². The summed E-state index contributed by atoms with van der Waals surface area (Å²) in [6.45, 7) is 0. The molecule has 0 unspecified atom stereocenters. The Hall–Kier alpha value is -6.64. The lowest BCUT2D eigenvalue weighted by atomic mass is 10.0. The zero-order chi connectivity index (χ0) is 39.6. The number of hydrogen-bond acceptors (Lipinski definition) is 10. The summed E-state index contributed by atoms with van der Waals surface area (Å²) >= 11 is 2.38. The van der Waals surface area contributed by atoms with Crippen LogP contribution in [-0.4, -0.2) is 42.4 Å². The lowest BCUT2D eigenvalue weighted by molar-refractivity contribution is 0.101. The van der Waals surface area contributed by atoms with Gasteiger partial charge in [-0.05, 0) is 108 Å². The van der Waals surface area contributed by atoms with E-state index in [2.05, 4.69) is 47.3 Å². The number of benzene rings is 4. The summed E-state index contributed by atoms with van der Waals surface area (Å²) in [5, 5.41) is 28.1. The minimum absolute atomic E-state index is 0.137. The molecule has 0 atom stereocenters. The number of rotatable bonds is 5. The first-order valence-electron chi connectivity index (χ1n) is 17.6. The number of carbonyl (C=O) groups is 2. The Morgan fingerprint density at radius 3 is 1.68 bits per heavy atom. The van der Waals surface area contributed by atoms with Crippen LogP contribution in [0.1, 0.15) is 60.5 Å². The fraction of sp³-hybridized carbons (Fsp3) is 0.150. The Morgan fingerprint density at radius 1 is 0.684 bits per heavy atom. The minimum Gasteiger partial charge on any atom is -0.315 e. The molecule has 2 amide bonds. The van der Waals surface area contributed by atoms with Gasteiger partial charge in [-0.1, -0.05) is 30.3 Å². The number of nitrogens with zero attached hydrogens (tertiary/aromatic N) is 6. The summed E-state index contributed by atoms with van der Waals surface area (Å²) in [6, 6.07) is 20.4.